The molecular weight excluding hydrogens is 216 g/mol. The fourth-order valence-electron chi connectivity index (χ4n) is 1.62. The molecule has 2 aromatic rings. The first-order chi connectivity index (χ1) is 7.99. The molecule has 0 saturated carbocycles. The van der Waals surface area contributed by atoms with Crippen molar-refractivity contribution in [1.82, 2.24) is 9.55 Å². The van der Waals surface area contributed by atoms with Crippen LogP contribution in [0.5, 0.6) is 0 Å². The van der Waals surface area contributed by atoms with Crippen molar-refractivity contribution in [1.29, 1.82) is 0 Å². The van der Waals surface area contributed by atoms with Gasteiger partial charge in [0.15, 0.2) is 0 Å². The number of aromatic nitrogens is 2. The number of H-pyrrole nitrogens is 1. The van der Waals surface area contributed by atoms with Gasteiger partial charge in [-0.1, -0.05) is 12.1 Å². The van der Waals surface area contributed by atoms with Crippen LogP contribution in [0, 0.1) is 13.8 Å². The lowest BCUT2D eigenvalue weighted by molar-refractivity contribution is 0.778. The fraction of sp³-hybridized carbons (Fsp3) is 0.231. The van der Waals surface area contributed by atoms with Crippen LogP contribution in [0.1, 0.15) is 11.1 Å². The molecule has 2 rings (SSSR count). The Morgan fingerprint density at radius 3 is 2.35 bits per heavy atom. The van der Waals surface area contributed by atoms with E-state index in [9.17, 15) is 9.59 Å². The molecule has 0 fully saturated rings. The second-order valence-electron chi connectivity index (χ2n) is 4.18. The zero-order valence-corrected chi connectivity index (χ0v) is 10.1. The monoisotopic (exact) mass is 230 g/mol. The molecule has 0 atom stereocenters. The summed E-state index contributed by atoms with van der Waals surface area (Å²) < 4.78 is 1.05. The molecule has 0 bridgehead atoms. The van der Waals surface area contributed by atoms with Crippen LogP contribution in [0.4, 0.5) is 0 Å². The number of hydrogen-bond acceptors (Lipinski definition) is 2. The van der Waals surface area contributed by atoms with Crippen LogP contribution in [0.25, 0.3) is 11.3 Å². The first-order valence-electron chi connectivity index (χ1n) is 5.37. The molecule has 88 valence electrons. The van der Waals surface area contributed by atoms with Gasteiger partial charge in [-0.2, -0.15) is 0 Å². The molecule has 4 nitrogen and oxygen atoms in total. The van der Waals surface area contributed by atoms with Gasteiger partial charge in [0.25, 0.3) is 5.56 Å². The van der Waals surface area contributed by atoms with Crippen molar-refractivity contribution in [3.63, 3.8) is 0 Å². The molecule has 4 heteroatoms. The topological polar surface area (TPSA) is 54.9 Å². The van der Waals surface area contributed by atoms with Crippen LogP contribution in [0.3, 0.4) is 0 Å². The Balaban J connectivity index is 2.65. The third-order valence-corrected chi connectivity index (χ3v) is 2.96. The molecule has 0 aliphatic carbocycles. The van der Waals surface area contributed by atoms with Gasteiger partial charge in [0, 0.05) is 13.1 Å². The van der Waals surface area contributed by atoms with Crippen LogP contribution >= 0.6 is 0 Å². The van der Waals surface area contributed by atoms with E-state index in [1.807, 2.05) is 32.0 Å². The molecule has 1 N–H and O–H groups in total. The minimum Gasteiger partial charge on any atom is -0.307 e. The number of nitrogens with zero attached hydrogens (tertiary/aromatic N) is 1. The van der Waals surface area contributed by atoms with Crippen molar-refractivity contribution in [3.05, 3.63) is 56.2 Å². The Morgan fingerprint density at radius 1 is 1.06 bits per heavy atom. The summed E-state index contributed by atoms with van der Waals surface area (Å²) in [5.74, 6) is 0. The number of benzene rings is 1. The van der Waals surface area contributed by atoms with E-state index in [0.717, 1.165) is 15.7 Å². The van der Waals surface area contributed by atoms with Crippen molar-refractivity contribution >= 4 is 0 Å². The quantitative estimate of drug-likeness (QED) is 0.804. The van der Waals surface area contributed by atoms with Gasteiger partial charge in [0.1, 0.15) is 0 Å². The Hall–Kier alpha value is -2.10. The lowest BCUT2D eigenvalue weighted by Gasteiger charge is -2.05. The van der Waals surface area contributed by atoms with Crippen LogP contribution in [0.15, 0.2) is 33.9 Å². The van der Waals surface area contributed by atoms with Crippen molar-refractivity contribution in [2.24, 2.45) is 7.05 Å². The smallest absolute Gasteiger partial charge is 0.307 e. The second-order valence-corrected chi connectivity index (χ2v) is 4.18. The number of aryl methyl sites for hydroxylation is 2. The summed E-state index contributed by atoms with van der Waals surface area (Å²) in [6, 6.07) is 7.26. The molecule has 1 aromatic carbocycles. The van der Waals surface area contributed by atoms with E-state index >= 15 is 0 Å². The maximum atomic E-state index is 11.5. The highest BCUT2D eigenvalue weighted by molar-refractivity contribution is 5.60. The Morgan fingerprint density at radius 2 is 1.76 bits per heavy atom. The molecule has 0 spiro atoms. The van der Waals surface area contributed by atoms with E-state index in [4.69, 9.17) is 0 Å². The lowest BCUT2D eigenvalue weighted by Crippen LogP contribution is -2.32. The molecule has 0 amide bonds. The minimum atomic E-state index is -0.397. The van der Waals surface area contributed by atoms with Crippen molar-refractivity contribution in [3.8, 4) is 11.3 Å². The standard InChI is InChI=1S/C13H14N2O2/c1-8-4-5-10(6-9(8)2)11-7-12(16)15(3)13(17)14-11/h4-7H,1-3H3,(H,14,17). The number of hydrogen-bond donors (Lipinski definition) is 1. The molecule has 0 saturated heterocycles. The molecule has 0 aliphatic rings. The Labute approximate surface area is 98.6 Å². The van der Waals surface area contributed by atoms with Crippen LogP contribution in [0.2, 0.25) is 0 Å². The van der Waals surface area contributed by atoms with Gasteiger partial charge in [-0.05, 0) is 36.6 Å². The maximum absolute atomic E-state index is 11.5. The summed E-state index contributed by atoms with van der Waals surface area (Å²) in [7, 11) is 1.45. The highest BCUT2D eigenvalue weighted by Gasteiger charge is 2.04. The van der Waals surface area contributed by atoms with E-state index < -0.39 is 5.69 Å². The largest absolute Gasteiger partial charge is 0.328 e. The predicted molar refractivity (Wildman–Crippen MR) is 67.2 cm³/mol. The molecule has 17 heavy (non-hydrogen) atoms. The fourth-order valence-corrected chi connectivity index (χ4v) is 1.62. The summed E-state index contributed by atoms with van der Waals surface area (Å²) >= 11 is 0. The molecule has 0 aliphatic heterocycles. The van der Waals surface area contributed by atoms with Crippen molar-refractivity contribution < 1.29 is 0 Å². The molecule has 1 heterocycles. The summed E-state index contributed by atoms with van der Waals surface area (Å²) in [6.45, 7) is 4.02. The first kappa shape index (κ1) is 11.4. The van der Waals surface area contributed by atoms with Crippen LogP contribution < -0.4 is 11.2 Å². The number of rotatable bonds is 1. The van der Waals surface area contributed by atoms with E-state index in [-0.39, 0.29) is 5.56 Å². The minimum absolute atomic E-state index is 0.304. The van der Waals surface area contributed by atoms with Crippen LogP contribution in [-0.4, -0.2) is 9.55 Å². The first-order valence-corrected chi connectivity index (χ1v) is 5.37. The van der Waals surface area contributed by atoms with Crippen LogP contribution in [-0.2, 0) is 7.05 Å². The van der Waals surface area contributed by atoms with Gasteiger partial charge in [-0.3, -0.25) is 9.36 Å². The van der Waals surface area contributed by atoms with E-state index in [1.165, 1.54) is 18.7 Å². The summed E-state index contributed by atoms with van der Waals surface area (Å²) in [5.41, 5.74) is 3.01. The van der Waals surface area contributed by atoms with Gasteiger partial charge in [-0.15, -0.1) is 0 Å². The Bertz CT molecular complexity index is 649. The van der Waals surface area contributed by atoms with Gasteiger partial charge in [-0.25, -0.2) is 4.79 Å². The maximum Gasteiger partial charge on any atom is 0.328 e. The van der Waals surface area contributed by atoms with Crippen molar-refractivity contribution in [2.45, 2.75) is 13.8 Å². The van der Waals surface area contributed by atoms with E-state index in [2.05, 4.69) is 4.98 Å². The second kappa shape index (κ2) is 4.05. The number of nitrogens with one attached hydrogen (secondary N) is 1. The Kier molecular flexibility index (Phi) is 2.71. The SMILES string of the molecule is Cc1ccc(-c2cc(=O)n(C)c(=O)[nH]2)cc1C. The highest BCUT2D eigenvalue weighted by atomic mass is 16.2. The number of aromatic amines is 1. The van der Waals surface area contributed by atoms with Gasteiger partial charge < -0.3 is 4.98 Å². The summed E-state index contributed by atoms with van der Waals surface area (Å²) in [5, 5.41) is 0. The summed E-state index contributed by atoms with van der Waals surface area (Å²) in [4.78, 5) is 25.7. The molecule has 0 unspecified atom stereocenters. The zero-order chi connectivity index (χ0) is 12.6. The molecule has 0 radical (unpaired) electrons. The predicted octanol–water partition coefficient (Wildman–Crippen LogP) is 1.36. The summed E-state index contributed by atoms with van der Waals surface area (Å²) in [6.07, 6.45) is 0. The average Bonchev–Trinajstić information content (AvgIpc) is 2.29. The molecular formula is C13H14N2O2. The van der Waals surface area contributed by atoms with Gasteiger partial charge >= 0.3 is 5.69 Å². The van der Waals surface area contributed by atoms with Crippen molar-refractivity contribution in [2.75, 3.05) is 0 Å². The van der Waals surface area contributed by atoms with Gasteiger partial charge in [0.2, 0.25) is 0 Å². The third-order valence-electron chi connectivity index (χ3n) is 2.96. The van der Waals surface area contributed by atoms with E-state index in [1.54, 1.807) is 0 Å². The highest BCUT2D eigenvalue weighted by Crippen LogP contribution is 2.18. The lowest BCUT2D eigenvalue weighted by atomic mass is 10.0. The van der Waals surface area contributed by atoms with E-state index in [0.29, 0.717) is 5.69 Å². The average molecular weight is 230 g/mol. The van der Waals surface area contributed by atoms with Gasteiger partial charge in [0.05, 0.1) is 5.69 Å². The zero-order valence-electron chi connectivity index (χ0n) is 10.1. The third kappa shape index (κ3) is 2.06. The normalized spacial score (nSPS) is 10.5. The molecule has 1 aromatic heterocycles.